The van der Waals surface area contributed by atoms with Gasteiger partial charge in [-0.3, -0.25) is 0 Å². The van der Waals surface area contributed by atoms with Crippen LogP contribution in [0.5, 0.6) is 0 Å². The van der Waals surface area contributed by atoms with Crippen LogP contribution in [0.1, 0.15) is 15.9 Å². The molecule has 0 bridgehead atoms. The molecule has 0 N–H and O–H groups in total. The normalized spacial score (nSPS) is 10.8. The maximum atomic E-state index is 10.1. The van der Waals surface area contributed by atoms with Crippen molar-refractivity contribution in [3.05, 3.63) is 83.9 Å². The second-order valence-corrected chi connectivity index (χ2v) is 7.10. The molecule has 0 atom stereocenters. The largest absolute Gasteiger partial charge is 0.545 e. The Labute approximate surface area is 149 Å². The molecule has 3 heteroatoms. The predicted molar refractivity (Wildman–Crippen MR) is 101 cm³/mol. The molecule has 130 valence electrons. The molecule has 3 nitrogen and oxygen atoms in total. The number of benzene rings is 3. The van der Waals surface area contributed by atoms with Crippen LogP contribution in [0.3, 0.4) is 0 Å². The first-order chi connectivity index (χ1) is 11.8. The van der Waals surface area contributed by atoms with Gasteiger partial charge in [0.25, 0.3) is 0 Å². The van der Waals surface area contributed by atoms with E-state index in [-0.39, 0.29) is 5.56 Å². The highest BCUT2D eigenvalue weighted by molar-refractivity contribution is 5.85. The van der Waals surface area contributed by atoms with E-state index in [0.717, 1.165) is 10.9 Å². The van der Waals surface area contributed by atoms with Gasteiger partial charge in [0.2, 0.25) is 0 Å². The zero-order chi connectivity index (χ0) is 18.3. The average Bonchev–Trinajstić information content (AvgIpc) is 2.60. The standard InChI is InChI=1S/C15H20N.C7H6O2/c1-16(2,3)11-10-13-8-9-14-6-4-5-7-15(14)12-13;8-7(9)6-4-2-1-3-5-6/h4-9,12H,10-11H2,1-3H3;1-5H,(H,8,9)/q+1;/p-1. The Hall–Kier alpha value is -2.65. The number of likely N-dealkylation sites (N-methyl/N-ethyl adjacent to an activating group) is 1. The van der Waals surface area contributed by atoms with Crippen LogP contribution in [0.25, 0.3) is 10.8 Å². The van der Waals surface area contributed by atoms with Gasteiger partial charge in [-0.2, -0.15) is 0 Å². The minimum atomic E-state index is -1.13. The summed E-state index contributed by atoms with van der Waals surface area (Å²) in [6.07, 6.45) is 1.15. The summed E-state index contributed by atoms with van der Waals surface area (Å²) in [7, 11) is 6.71. The third kappa shape index (κ3) is 6.40. The Morgan fingerprint density at radius 1 is 0.840 bits per heavy atom. The van der Waals surface area contributed by atoms with E-state index in [1.54, 1.807) is 18.2 Å². The maximum Gasteiger partial charge on any atom is 0.0821 e. The minimum Gasteiger partial charge on any atom is -0.545 e. The highest BCUT2D eigenvalue weighted by Crippen LogP contribution is 2.16. The topological polar surface area (TPSA) is 40.1 Å². The molecular weight excluding hydrogens is 310 g/mol. The predicted octanol–water partition coefficient (Wildman–Crippen LogP) is 3.14. The van der Waals surface area contributed by atoms with E-state index in [0.29, 0.717) is 0 Å². The Morgan fingerprint density at radius 2 is 1.44 bits per heavy atom. The summed E-state index contributed by atoms with van der Waals surface area (Å²) in [5.74, 6) is -1.13. The van der Waals surface area contributed by atoms with Crippen molar-refractivity contribution < 1.29 is 14.4 Å². The minimum absolute atomic E-state index is 0.220. The second-order valence-electron chi connectivity index (χ2n) is 7.10. The molecule has 3 aromatic carbocycles. The van der Waals surface area contributed by atoms with Crippen LogP contribution in [0.4, 0.5) is 0 Å². The van der Waals surface area contributed by atoms with Gasteiger partial charge >= 0.3 is 0 Å². The van der Waals surface area contributed by atoms with Gasteiger partial charge in [0.1, 0.15) is 0 Å². The molecule has 0 saturated heterocycles. The number of carbonyl (C=O) groups is 1. The summed E-state index contributed by atoms with van der Waals surface area (Å²) in [4.78, 5) is 10.1. The van der Waals surface area contributed by atoms with Crippen molar-refractivity contribution in [2.24, 2.45) is 0 Å². The van der Waals surface area contributed by atoms with Gasteiger partial charge in [0.15, 0.2) is 0 Å². The van der Waals surface area contributed by atoms with Crippen molar-refractivity contribution in [1.29, 1.82) is 0 Å². The number of rotatable bonds is 4. The fourth-order valence-electron chi connectivity index (χ4n) is 2.43. The molecule has 0 heterocycles. The molecule has 0 aliphatic heterocycles. The number of nitrogens with zero attached hydrogens (tertiary/aromatic N) is 1. The van der Waals surface area contributed by atoms with Crippen LogP contribution in [0.15, 0.2) is 72.8 Å². The van der Waals surface area contributed by atoms with Gasteiger partial charge in [-0.15, -0.1) is 0 Å². The highest BCUT2D eigenvalue weighted by Gasteiger charge is 2.06. The third-order valence-electron chi connectivity index (χ3n) is 3.89. The number of carbonyl (C=O) groups excluding carboxylic acids is 1. The van der Waals surface area contributed by atoms with Crippen LogP contribution in [-0.2, 0) is 6.42 Å². The summed E-state index contributed by atoms with van der Waals surface area (Å²) >= 11 is 0. The quantitative estimate of drug-likeness (QED) is 0.687. The van der Waals surface area contributed by atoms with Gasteiger partial charge in [0.05, 0.1) is 33.7 Å². The Morgan fingerprint density at radius 3 is 2.00 bits per heavy atom. The number of quaternary nitrogens is 1. The van der Waals surface area contributed by atoms with Crippen molar-refractivity contribution >= 4 is 16.7 Å². The van der Waals surface area contributed by atoms with Crippen molar-refractivity contribution in [1.82, 2.24) is 0 Å². The number of hydrogen-bond donors (Lipinski definition) is 0. The molecule has 0 amide bonds. The van der Waals surface area contributed by atoms with Crippen molar-refractivity contribution in [3.63, 3.8) is 0 Å². The molecule has 0 spiro atoms. The van der Waals surface area contributed by atoms with Gasteiger partial charge in [-0.05, 0) is 21.9 Å². The Kier molecular flexibility index (Phi) is 6.31. The molecular formula is C22H25NO2. The lowest BCUT2D eigenvalue weighted by Crippen LogP contribution is -2.36. The lowest BCUT2D eigenvalue weighted by molar-refractivity contribution is -0.870. The molecule has 0 radical (unpaired) electrons. The van der Waals surface area contributed by atoms with Gasteiger partial charge in [-0.25, -0.2) is 0 Å². The molecule has 0 aliphatic carbocycles. The van der Waals surface area contributed by atoms with Crippen molar-refractivity contribution in [3.8, 4) is 0 Å². The van der Waals surface area contributed by atoms with E-state index < -0.39 is 5.97 Å². The van der Waals surface area contributed by atoms with Crippen molar-refractivity contribution in [2.75, 3.05) is 27.7 Å². The number of fused-ring (bicyclic) bond motifs is 1. The molecule has 0 unspecified atom stereocenters. The van der Waals surface area contributed by atoms with Crippen LogP contribution in [0.2, 0.25) is 0 Å². The summed E-state index contributed by atoms with van der Waals surface area (Å²) in [6.45, 7) is 1.18. The summed E-state index contributed by atoms with van der Waals surface area (Å²) in [5, 5.41) is 12.8. The van der Waals surface area contributed by atoms with Gasteiger partial charge in [-0.1, -0.05) is 72.8 Å². The smallest absolute Gasteiger partial charge is 0.0821 e. The van der Waals surface area contributed by atoms with E-state index >= 15 is 0 Å². The zero-order valence-electron chi connectivity index (χ0n) is 15.1. The van der Waals surface area contributed by atoms with Crippen LogP contribution < -0.4 is 5.11 Å². The summed E-state index contributed by atoms with van der Waals surface area (Å²) in [6, 6.07) is 23.4. The van der Waals surface area contributed by atoms with Crippen molar-refractivity contribution in [2.45, 2.75) is 6.42 Å². The number of carboxylic acid groups (broad SMARTS) is 1. The average molecular weight is 335 g/mol. The van der Waals surface area contributed by atoms with Crippen LogP contribution in [0, 0.1) is 0 Å². The van der Waals surface area contributed by atoms with E-state index in [1.807, 2.05) is 0 Å². The van der Waals surface area contributed by atoms with E-state index in [1.165, 1.54) is 35.0 Å². The maximum absolute atomic E-state index is 10.1. The molecule has 0 fully saturated rings. The molecule has 25 heavy (non-hydrogen) atoms. The fourth-order valence-corrected chi connectivity index (χ4v) is 2.43. The molecule has 0 aromatic heterocycles. The SMILES string of the molecule is C[N+](C)(C)CCc1ccc2ccccc2c1.O=C([O-])c1ccccc1. The molecule has 0 aliphatic rings. The first-order valence-corrected chi connectivity index (χ1v) is 8.40. The fraction of sp³-hybridized carbons (Fsp3) is 0.227. The van der Waals surface area contributed by atoms with Gasteiger partial charge in [0, 0.05) is 6.42 Å². The first kappa shape index (κ1) is 18.7. The molecule has 0 saturated carbocycles. The summed E-state index contributed by atoms with van der Waals surface area (Å²) < 4.78 is 1.02. The summed E-state index contributed by atoms with van der Waals surface area (Å²) in [5.41, 5.74) is 1.66. The molecule has 3 aromatic rings. The monoisotopic (exact) mass is 335 g/mol. The first-order valence-electron chi connectivity index (χ1n) is 8.40. The highest BCUT2D eigenvalue weighted by atomic mass is 16.4. The third-order valence-corrected chi connectivity index (χ3v) is 3.89. The lowest BCUT2D eigenvalue weighted by Gasteiger charge is -2.23. The van der Waals surface area contributed by atoms with E-state index in [4.69, 9.17) is 0 Å². The van der Waals surface area contributed by atoms with Crippen LogP contribution in [-0.4, -0.2) is 38.1 Å². The number of aromatic carboxylic acids is 1. The van der Waals surface area contributed by atoms with E-state index in [2.05, 4.69) is 63.6 Å². The number of carboxylic acids is 1. The second kappa shape index (κ2) is 8.45. The van der Waals surface area contributed by atoms with E-state index in [9.17, 15) is 9.90 Å². The molecule has 3 rings (SSSR count). The Bertz CT molecular complexity index is 820. The van der Waals surface area contributed by atoms with Gasteiger partial charge < -0.3 is 14.4 Å². The zero-order valence-corrected chi connectivity index (χ0v) is 15.1. The Balaban J connectivity index is 0.000000212. The number of hydrogen-bond acceptors (Lipinski definition) is 2. The lowest BCUT2D eigenvalue weighted by atomic mass is 10.0. The van der Waals surface area contributed by atoms with Crippen LogP contribution >= 0.6 is 0 Å².